The number of amides is 1. The quantitative estimate of drug-likeness (QED) is 0.652. The highest BCUT2D eigenvalue weighted by Gasteiger charge is 2.27. The summed E-state index contributed by atoms with van der Waals surface area (Å²) in [5.74, 6) is 0.575. The number of carbonyl (C=O) groups excluding carboxylic acids is 1. The normalized spacial score (nSPS) is 15.7. The van der Waals surface area contributed by atoms with Gasteiger partial charge >= 0.3 is 0 Å². The van der Waals surface area contributed by atoms with Crippen molar-refractivity contribution in [3.8, 4) is 11.5 Å². The number of fused-ring (bicyclic) bond motifs is 2. The van der Waals surface area contributed by atoms with E-state index in [1.807, 2.05) is 6.92 Å². The lowest BCUT2D eigenvalue weighted by Crippen LogP contribution is -2.42. The average Bonchev–Trinajstić information content (AvgIpc) is 3.28. The topological polar surface area (TPSA) is 84.9 Å². The molecule has 1 aliphatic heterocycles. The first-order valence-corrected chi connectivity index (χ1v) is 12.8. The molecule has 0 spiro atoms. The van der Waals surface area contributed by atoms with Crippen LogP contribution in [-0.2, 0) is 27.7 Å². The van der Waals surface area contributed by atoms with E-state index in [4.69, 9.17) is 9.47 Å². The van der Waals surface area contributed by atoms with Crippen molar-refractivity contribution in [2.75, 3.05) is 23.4 Å². The first kappa shape index (κ1) is 22.5. The van der Waals surface area contributed by atoms with Crippen LogP contribution in [0.3, 0.4) is 0 Å². The molecule has 0 unspecified atom stereocenters. The van der Waals surface area contributed by atoms with Crippen LogP contribution in [0.1, 0.15) is 55.8 Å². The van der Waals surface area contributed by atoms with E-state index in [0.717, 1.165) is 29.1 Å². The molecule has 1 heterocycles. The maximum absolute atomic E-state index is 13.0. The molecular formula is C24H30N2O5S. The van der Waals surface area contributed by atoms with Crippen molar-refractivity contribution in [1.29, 1.82) is 0 Å². The SMILES string of the molecule is CC[C@@H](NC(=O)CN(c1ccc2c(c1)OCO2)S(=O)(=O)CC)c1ccc2c(c1)CCCC2. The Hall–Kier alpha value is -2.74. The summed E-state index contributed by atoms with van der Waals surface area (Å²) < 4.78 is 37.4. The van der Waals surface area contributed by atoms with E-state index in [2.05, 4.69) is 23.5 Å². The van der Waals surface area contributed by atoms with Gasteiger partial charge in [-0.25, -0.2) is 8.42 Å². The molecule has 1 N–H and O–H groups in total. The Kier molecular flexibility index (Phi) is 6.60. The van der Waals surface area contributed by atoms with E-state index in [9.17, 15) is 13.2 Å². The number of hydrogen-bond acceptors (Lipinski definition) is 5. The van der Waals surface area contributed by atoms with E-state index in [1.165, 1.54) is 24.0 Å². The molecule has 2 aliphatic rings. The molecule has 0 aromatic heterocycles. The summed E-state index contributed by atoms with van der Waals surface area (Å²) in [4.78, 5) is 13.0. The largest absolute Gasteiger partial charge is 0.454 e. The van der Waals surface area contributed by atoms with Gasteiger partial charge < -0.3 is 14.8 Å². The fourth-order valence-electron chi connectivity index (χ4n) is 4.31. The van der Waals surface area contributed by atoms with Gasteiger partial charge in [0.05, 0.1) is 17.5 Å². The van der Waals surface area contributed by atoms with Gasteiger partial charge in [0.25, 0.3) is 0 Å². The lowest BCUT2D eigenvalue weighted by Gasteiger charge is -2.26. The molecule has 1 aliphatic carbocycles. The van der Waals surface area contributed by atoms with Crippen molar-refractivity contribution in [3.63, 3.8) is 0 Å². The zero-order valence-electron chi connectivity index (χ0n) is 18.6. The summed E-state index contributed by atoms with van der Waals surface area (Å²) in [5.41, 5.74) is 4.20. The van der Waals surface area contributed by atoms with Crippen molar-refractivity contribution in [2.24, 2.45) is 0 Å². The number of benzene rings is 2. The molecular weight excluding hydrogens is 428 g/mol. The van der Waals surface area contributed by atoms with Crippen LogP contribution in [0.15, 0.2) is 36.4 Å². The molecule has 172 valence electrons. The minimum Gasteiger partial charge on any atom is -0.454 e. The van der Waals surface area contributed by atoms with Crippen LogP contribution in [0.2, 0.25) is 0 Å². The highest BCUT2D eigenvalue weighted by molar-refractivity contribution is 7.92. The number of nitrogens with one attached hydrogen (secondary N) is 1. The molecule has 4 rings (SSSR count). The van der Waals surface area contributed by atoms with E-state index in [-0.39, 0.29) is 31.0 Å². The van der Waals surface area contributed by atoms with Gasteiger partial charge in [-0.15, -0.1) is 0 Å². The number of ether oxygens (including phenoxy) is 2. The second-order valence-electron chi connectivity index (χ2n) is 8.21. The zero-order chi connectivity index (χ0) is 22.7. The minimum atomic E-state index is -3.67. The monoisotopic (exact) mass is 458 g/mol. The second kappa shape index (κ2) is 9.40. The molecule has 0 radical (unpaired) electrons. The Labute approximate surface area is 189 Å². The first-order valence-electron chi connectivity index (χ1n) is 11.2. The average molecular weight is 459 g/mol. The first-order chi connectivity index (χ1) is 15.4. The van der Waals surface area contributed by atoms with Gasteiger partial charge in [-0.05, 0) is 67.9 Å². The van der Waals surface area contributed by atoms with E-state index in [0.29, 0.717) is 17.2 Å². The number of hydrogen-bond donors (Lipinski definition) is 1. The predicted molar refractivity (Wildman–Crippen MR) is 124 cm³/mol. The molecule has 32 heavy (non-hydrogen) atoms. The number of nitrogens with zero attached hydrogens (tertiary/aromatic N) is 1. The predicted octanol–water partition coefficient (Wildman–Crippen LogP) is 3.72. The number of anilines is 1. The van der Waals surface area contributed by atoms with E-state index >= 15 is 0 Å². The summed E-state index contributed by atoms with van der Waals surface area (Å²) in [6.45, 7) is 3.38. The minimum absolute atomic E-state index is 0.0960. The van der Waals surface area contributed by atoms with Crippen molar-refractivity contribution < 1.29 is 22.7 Å². The molecule has 1 amide bonds. The van der Waals surface area contributed by atoms with Crippen LogP contribution in [0, 0.1) is 0 Å². The Morgan fingerprint density at radius 1 is 1.03 bits per heavy atom. The summed E-state index contributed by atoms with van der Waals surface area (Å²) >= 11 is 0. The van der Waals surface area contributed by atoms with Crippen LogP contribution in [0.25, 0.3) is 0 Å². The molecule has 0 saturated carbocycles. The van der Waals surface area contributed by atoms with Crippen molar-refractivity contribution in [3.05, 3.63) is 53.1 Å². The summed E-state index contributed by atoms with van der Waals surface area (Å²) in [7, 11) is -3.67. The van der Waals surface area contributed by atoms with E-state index in [1.54, 1.807) is 25.1 Å². The number of aryl methyl sites for hydroxylation is 2. The van der Waals surface area contributed by atoms with Gasteiger partial charge in [0.15, 0.2) is 11.5 Å². The van der Waals surface area contributed by atoms with Gasteiger partial charge in [0, 0.05) is 6.07 Å². The highest BCUT2D eigenvalue weighted by Crippen LogP contribution is 2.36. The molecule has 2 aromatic rings. The lowest BCUT2D eigenvalue weighted by molar-refractivity contribution is -0.120. The van der Waals surface area contributed by atoms with Gasteiger partial charge in [-0.3, -0.25) is 9.10 Å². The second-order valence-corrected chi connectivity index (χ2v) is 10.4. The molecule has 2 aromatic carbocycles. The molecule has 8 heteroatoms. The molecule has 1 atom stereocenters. The third-order valence-electron chi connectivity index (χ3n) is 6.15. The maximum atomic E-state index is 13.0. The molecule has 7 nitrogen and oxygen atoms in total. The summed E-state index contributed by atoms with van der Waals surface area (Å²) in [6.07, 6.45) is 5.31. The third-order valence-corrected chi connectivity index (χ3v) is 7.89. The smallest absolute Gasteiger partial charge is 0.241 e. The van der Waals surface area contributed by atoms with Crippen LogP contribution in [0.4, 0.5) is 5.69 Å². The Balaban J connectivity index is 1.53. The molecule has 0 saturated heterocycles. The maximum Gasteiger partial charge on any atom is 0.241 e. The number of sulfonamides is 1. The van der Waals surface area contributed by atoms with Crippen LogP contribution in [-0.4, -0.2) is 33.4 Å². The summed E-state index contributed by atoms with van der Waals surface area (Å²) in [6, 6.07) is 11.2. The van der Waals surface area contributed by atoms with Crippen LogP contribution in [0.5, 0.6) is 11.5 Å². The van der Waals surface area contributed by atoms with Gasteiger partial charge in [-0.2, -0.15) is 0 Å². The van der Waals surface area contributed by atoms with Crippen molar-refractivity contribution in [2.45, 2.75) is 52.0 Å². The Bertz CT molecular complexity index is 1100. The van der Waals surface area contributed by atoms with E-state index < -0.39 is 10.0 Å². The Morgan fingerprint density at radius 3 is 2.53 bits per heavy atom. The van der Waals surface area contributed by atoms with Gasteiger partial charge in [0.2, 0.25) is 22.7 Å². The lowest BCUT2D eigenvalue weighted by atomic mass is 9.89. The standard InChI is InChI=1S/C24H30N2O5S/c1-3-21(19-10-9-17-7-5-6-8-18(17)13-19)25-24(27)15-26(32(28,29)4-2)20-11-12-22-23(14-20)31-16-30-22/h9-14,21H,3-8,15-16H2,1-2H3,(H,25,27)/t21-/m1/s1. The fourth-order valence-corrected chi connectivity index (χ4v) is 5.37. The molecule has 0 fully saturated rings. The highest BCUT2D eigenvalue weighted by atomic mass is 32.2. The van der Waals surface area contributed by atoms with Crippen molar-refractivity contribution >= 4 is 21.6 Å². The third kappa shape index (κ3) is 4.70. The van der Waals surface area contributed by atoms with Crippen molar-refractivity contribution in [1.82, 2.24) is 5.32 Å². The zero-order valence-corrected chi connectivity index (χ0v) is 19.4. The van der Waals surface area contributed by atoms with Gasteiger partial charge in [0.1, 0.15) is 6.54 Å². The number of rotatable bonds is 8. The van der Waals surface area contributed by atoms with Gasteiger partial charge in [-0.1, -0.05) is 25.1 Å². The van der Waals surface area contributed by atoms with Crippen LogP contribution < -0.4 is 19.1 Å². The Morgan fingerprint density at radius 2 is 1.78 bits per heavy atom. The van der Waals surface area contributed by atoms with Crippen LogP contribution >= 0.6 is 0 Å². The fraction of sp³-hybridized carbons (Fsp3) is 0.458. The molecule has 0 bridgehead atoms. The summed E-state index contributed by atoms with van der Waals surface area (Å²) in [5, 5.41) is 3.04. The number of carbonyl (C=O) groups is 1.